The van der Waals surface area contributed by atoms with Gasteiger partial charge in [0, 0.05) is 17.0 Å². The third-order valence-corrected chi connectivity index (χ3v) is 6.63. The van der Waals surface area contributed by atoms with Crippen LogP contribution < -0.4 is 9.47 Å². The third-order valence-electron chi connectivity index (χ3n) is 6.63. The summed E-state index contributed by atoms with van der Waals surface area (Å²) < 4.78 is 40.0. The molecule has 0 amide bonds. The first-order valence-electron chi connectivity index (χ1n) is 12.9. The summed E-state index contributed by atoms with van der Waals surface area (Å²) in [5.74, 6) is 5.84. The molecule has 6 rings (SSSR count). The van der Waals surface area contributed by atoms with Crippen LogP contribution in [0.2, 0.25) is 0 Å². The zero-order valence-corrected chi connectivity index (χ0v) is 21.5. The van der Waals surface area contributed by atoms with E-state index in [1.54, 1.807) is 0 Å². The maximum atomic E-state index is 14.1. The van der Waals surface area contributed by atoms with Crippen LogP contribution in [-0.2, 0) is 13.2 Å². The van der Waals surface area contributed by atoms with E-state index < -0.39 is 11.6 Å². The Morgan fingerprint density at radius 3 is 1.98 bits per heavy atom. The minimum absolute atomic E-state index is 0.150. The highest BCUT2D eigenvalue weighted by molar-refractivity contribution is 6.02. The summed E-state index contributed by atoms with van der Waals surface area (Å²) >= 11 is 0. The molecule has 0 radical (unpaired) electrons. The Balaban J connectivity index is 1.39. The highest BCUT2D eigenvalue weighted by Crippen LogP contribution is 2.39. The van der Waals surface area contributed by atoms with Crippen LogP contribution in [-0.4, -0.2) is 0 Å². The van der Waals surface area contributed by atoms with Crippen molar-refractivity contribution in [2.24, 2.45) is 0 Å². The molecule has 0 fully saturated rings. The first-order valence-corrected chi connectivity index (χ1v) is 12.9. The van der Waals surface area contributed by atoms with Gasteiger partial charge in [-0.3, -0.25) is 0 Å². The Morgan fingerprint density at radius 1 is 0.550 bits per heavy atom. The number of fused-ring (bicyclic) bond motifs is 2. The molecule has 0 bridgehead atoms. The van der Waals surface area contributed by atoms with E-state index >= 15 is 0 Å². The van der Waals surface area contributed by atoms with Crippen LogP contribution in [0.15, 0.2) is 121 Å². The second kappa shape index (κ2) is 11.3. The Hall–Kier alpha value is -5.14. The number of rotatable bonds is 6. The second-order valence-electron chi connectivity index (χ2n) is 9.45. The van der Waals surface area contributed by atoms with Crippen molar-refractivity contribution in [1.82, 2.24) is 0 Å². The summed E-state index contributed by atoms with van der Waals surface area (Å²) in [5, 5.41) is 3.94. The van der Waals surface area contributed by atoms with Crippen LogP contribution >= 0.6 is 0 Å². The van der Waals surface area contributed by atoms with Crippen LogP contribution in [0.5, 0.6) is 11.5 Å². The third kappa shape index (κ3) is 5.65. The molecule has 6 aromatic rings. The number of hydrogen-bond acceptors (Lipinski definition) is 2. The molecule has 40 heavy (non-hydrogen) atoms. The van der Waals surface area contributed by atoms with E-state index in [1.807, 2.05) is 91.0 Å². The normalized spacial score (nSPS) is 10.8. The summed E-state index contributed by atoms with van der Waals surface area (Å²) in [7, 11) is 0. The molecule has 0 heterocycles. The predicted octanol–water partition coefficient (Wildman–Crippen LogP) is 8.83. The van der Waals surface area contributed by atoms with Crippen LogP contribution in [0, 0.1) is 23.5 Å². The first-order chi connectivity index (χ1) is 19.6. The summed E-state index contributed by atoms with van der Waals surface area (Å²) in [5.41, 5.74) is 2.99. The number of hydrogen-bond donors (Lipinski definition) is 0. The Bertz CT molecular complexity index is 1870. The lowest BCUT2D eigenvalue weighted by Crippen LogP contribution is -2.01. The van der Waals surface area contributed by atoms with Crippen LogP contribution in [0.1, 0.15) is 22.3 Å². The van der Waals surface area contributed by atoms with Gasteiger partial charge in [-0.2, -0.15) is 0 Å². The Morgan fingerprint density at radius 2 is 1.25 bits per heavy atom. The largest absolute Gasteiger partial charge is 0.485 e. The van der Waals surface area contributed by atoms with E-state index in [0.717, 1.165) is 44.3 Å². The fraction of sp³-hybridized carbons (Fsp3) is 0.0556. The van der Waals surface area contributed by atoms with Gasteiger partial charge in [0.25, 0.3) is 0 Å². The molecule has 0 N–H and O–H groups in total. The maximum Gasteiger partial charge on any atom is 0.169 e. The highest BCUT2D eigenvalue weighted by atomic mass is 19.1. The van der Waals surface area contributed by atoms with E-state index in [1.165, 1.54) is 12.1 Å². The average Bonchev–Trinajstić information content (AvgIpc) is 2.98. The van der Waals surface area contributed by atoms with E-state index in [9.17, 15) is 8.78 Å². The molecule has 0 saturated carbocycles. The van der Waals surface area contributed by atoms with Crippen molar-refractivity contribution in [3.8, 4) is 23.3 Å². The molecule has 0 aliphatic heterocycles. The van der Waals surface area contributed by atoms with E-state index in [0.29, 0.717) is 24.7 Å². The molecular weight excluding hydrogens is 502 g/mol. The first kappa shape index (κ1) is 25.2. The fourth-order valence-corrected chi connectivity index (χ4v) is 4.56. The molecule has 0 aromatic heterocycles. The van der Waals surface area contributed by atoms with Gasteiger partial charge in [0.05, 0.1) is 5.56 Å². The standard InChI is InChI=1S/C36H24F2O2/c37-32-17-15-28(34(38)22-32)13-11-25-12-14-29-20-30-16-18-35(39-23-26-7-3-1-4-8-26)36(33(30)21-31(29)19-25)40-24-27-9-5-2-6-10-27/h1-10,12,14-22H,23-24H2. The molecule has 0 aliphatic rings. The van der Waals surface area contributed by atoms with Crippen molar-refractivity contribution < 1.29 is 18.3 Å². The van der Waals surface area contributed by atoms with Crippen molar-refractivity contribution >= 4 is 21.5 Å². The Kier molecular flexibility index (Phi) is 7.11. The van der Waals surface area contributed by atoms with Crippen molar-refractivity contribution in [3.63, 3.8) is 0 Å². The van der Waals surface area contributed by atoms with Gasteiger partial charge in [-0.05, 0) is 69.8 Å². The SMILES string of the molecule is Fc1ccc(C#Cc2ccc3cc4ccc(OCc5ccccc5)c(OCc5ccccc5)c4cc3c2)c(F)c1. The summed E-state index contributed by atoms with van der Waals surface area (Å²) in [4.78, 5) is 0. The van der Waals surface area contributed by atoms with Crippen molar-refractivity contribution in [3.05, 3.63) is 155 Å². The van der Waals surface area contributed by atoms with Gasteiger partial charge < -0.3 is 9.47 Å². The van der Waals surface area contributed by atoms with E-state index in [4.69, 9.17) is 9.47 Å². The minimum atomic E-state index is -0.678. The molecule has 0 spiro atoms. The van der Waals surface area contributed by atoms with Crippen LogP contribution in [0.3, 0.4) is 0 Å². The molecular formula is C36H24F2O2. The van der Waals surface area contributed by atoms with Gasteiger partial charge in [-0.1, -0.05) is 84.6 Å². The van der Waals surface area contributed by atoms with Gasteiger partial charge in [0.2, 0.25) is 0 Å². The predicted molar refractivity (Wildman–Crippen MR) is 155 cm³/mol. The topological polar surface area (TPSA) is 18.5 Å². The fourth-order valence-electron chi connectivity index (χ4n) is 4.56. The van der Waals surface area contributed by atoms with Gasteiger partial charge in [-0.15, -0.1) is 0 Å². The van der Waals surface area contributed by atoms with Crippen molar-refractivity contribution in [1.29, 1.82) is 0 Å². The summed E-state index contributed by atoms with van der Waals surface area (Å²) in [6.45, 7) is 0.815. The van der Waals surface area contributed by atoms with Crippen molar-refractivity contribution in [2.75, 3.05) is 0 Å². The molecule has 0 unspecified atom stereocenters. The maximum absolute atomic E-state index is 14.1. The molecule has 0 aliphatic carbocycles. The Labute approximate surface area is 231 Å². The summed E-state index contributed by atoms with van der Waals surface area (Å²) in [6.07, 6.45) is 0. The van der Waals surface area contributed by atoms with Crippen LogP contribution in [0.4, 0.5) is 8.78 Å². The highest BCUT2D eigenvalue weighted by Gasteiger charge is 2.13. The average molecular weight is 527 g/mol. The smallest absolute Gasteiger partial charge is 0.169 e. The molecule has 2 nitrogen and oxygen atoms in total. The molecule has 0 saturated heterocycles. The number of ether oxygens (including phenoxy) is 2. The van der Waals surface area contributed by atoms with Crippen LogP contribution in [0.25, 0.3) is 21.5 Å². The van der Waals surface area contributed by atoms with E-state index in [-0.39, 0.29) is 5.56 Å². The van der Waals surface area contributed by atoms with Gasteiger partial charge >= 0.3 is 0 Å². The number of benzene rings is 6. The lowest BCUT2D eigenvalue weighted by molar-refractivity contribution is 0.259. The zero-order valence-electron chi connectivity index (χ0n) is 21.5. The monoisotopic (exact) mass is 526 g/mol. The zero-order chi connectivity index (χ0) is 27.3. The minimum Gasteiger partial charge on any atom is -0.485 e. The lowest BCUT2D eigenvalue weighted by atomic mass is 10.0. The molecule has 6 aromatic carbocycles. The molecule has 0 atom stereocenters. The number of halogens is 2. The molecule has 194 valence electrons. The van der Waals surface area contributed by atoms with Gasteiger partial charge in [0.1, 0.15) is 24.8 Å². The molecule has 4 heteroatoms. The quantitative estimate of drug-likeness (QED) is 0.159. The lowest BCUT2D eigenvalue weighted by Gasteiger charge is -2.16. The van der Waals surface area contributed by atoms with Gasteiger partial charge in [-0.25, -0.2) is 8.78 Å². The van der Waals surface area contributed by atoms with Crippen molar-refractivity contribution in [2.45, 2.75) is 13.2 Å². The van der Waals surface area contributed by atoms with E-state index in [2.05, 4.69) is 24.0 Å². The summed E-state index contributed by atoms with van der Waals surface area (Å²) in [6, 6.07) is 37.4. The van der Waals surface area contributed by atoms with Gasteiger partial charge in [0.15, 0.2) is 11.5 Å². The second-order valence-corrected chi connectivity index (χ2v) is 9.45.